The van der Waals surface area contributed by atoms with E-state index < -0.39 is 46.0 Å². The molecule has 0 bridgehead atoms. The van der Waals surface area contributed by atoms with Crippen LogP contribution in [0.3, 0.4) is 0 Å². The van der Waals surface area contributed by atoms with Crippen molar-refractivity contribution in [1.82, 2.24) is 5.32 Å². The molecule has 3 rings (SSSR count). The molecule has 0 heterocycles. The van der Waals surface area contributed by atoms with Crippen LogP contribution < -0.4 is 15.5 Å². The second kappa shape index (κ2) is 12.8. The minimum Gasteiger partial charge on any atom is -0.352 e. The number of rotatable bonds is 9. The van der Waals surface area contributed by atoms with Crippen molar-refractivity contribution in [3.8, 4) is 0 Å². The number of hydrogen-bond donors (Lipinski definition) is 2. The number of nitrogens with zero attached hydrogens (tertiary/aromatic N) is 1. The summed E-state index contributed by atoms with van der Waals surface area (Å²) >= 11 is 5.99. The van der Waals surface area contributed by atoms with Crippen LogP contribution in [0, 0.1) is 5.82 Å². The number of amides is 3. The van der Waals surface area contributed by atoms with Crippen molar-refractivity contribution in [2.45, 2.75) is 51.1 Å². The van der Waals surface area contributed by atoms with Crippen LogP contribution in [0.25, 0.3) is 0 Å². The molecule has 0 aliphatic heterocycles. The van der Waals surface area contributed by atoms with Crippen LogP contribution in [0.2, 0.25) is 5.02 Å². The predicted molar refractivity (Wildman–Crippen MR) is 136 cm³/mol. The molecule has 10 heteroatoms. The molecule has 0 spiro atoms. The maximum atomic E-state index is 13.2. The van der Waals surface area contributed by atoms with Crippen LogP contribution in [0.1, 0.15) is 39.0 Å². The Morgan fingerprint density at radius 3 is 2.29 bits per heavy atom. The lowest BCUT2D eigenvalue weighted by Crippen LogP contribution is -2.52. The number of nitrogens with one attached hydrogen (secondary N) is 2. The molecule has 1 aliphatic rings. The standard InChI is InChI=1S/C25H29ClFN3O4S/c1-17(25(33)29-20-5-3-2-4-6-20)30(22-13-7-18(26)8-14-22)24(32)16-35(34)15-23(31)28-21-11-9-19(27)10-12-21/h7-14,17,20H,2-6,15-16H2,1H3,(H,28,31)(H,29,33)/t17-,35+/m1/s1. The maximum Gasteiger partial charge on any atom is 0.243 e. The number of hydrogen-bond acceptors (Lipinski definition) is 4. The van der Waals surface area contributed by atoms with Gasteiger partial charge >= 0.3 is 0 Å². The van der Waals surface area contributed by atoms with E-state index in [2.05, 4.69) is 10.6 Å². The Morgan fingerprint density at radius 1 is 1.03 bits per heavy atom. The zero-order valence-corrected chi connectivity index (χ0v) is 21.0. The van der Waals surface area contributed by atoms with Crippen molar-refractivity contribution < 1.29 is 23.0 Å². The molecule has 0 unspecified atom stereocenters. The SMILES string of the molecule is C[C@H](C(=O)NC1CCCCC1)N(C(=O)C[S@@](=O)CC(=O)Nc1ccc(F)cc1)c1ccc(Cl)cc1. The number of carbonyl (C=O) groups excluding carboxylic acids is 3. The third-order valence-electron chi connectivity index (χ3n) is 5.80. The lowest BCUT2D eigenvalue weighted by molar-refractivity contribution is -0.126. The Kier molecular flexibility index (Phi) is 9.80. The summed E-state index contributed by atoms with van der Waals surface area (Å²) in [7, 11) is -1.83. The van der Waals surface area contributed by atoms with Gasteiger partial charge in [0.05, 0.1) is 0 Å². The third-order valence-corrected chi connectivity index (χ3v) is 7.20. The highest BCUT2D eigenvalue weighted by molar-refractivity contribution is 7.86. The monoisotopic (exact) mass is 521 g/mol. The largest absolute Gasteiger partial charge is 0.352 e. The fourth-order valence-corrected chi connectivity index (χ4v) is 5.01. The molecule has 7 nitrogen and oxygen atoms in total. The summed E-state index contributed by atoms with van der Waals surface area (Å²) < 4.78 is 25.7. The fourth-order valence-electron chi connectivity index (χ4n) is 4.01. The van der Waals surface area contributed by atoms with Gasteiger partial charge in [-0.2, -0.15) is 0 Å². The Bertz CT molecular complexity index is 1060. The van der Waals surface area contributed by atoms with E-state index in [1.54, 1.807) is 31.2 Å². The van der Waals surface area contributed by atoms with Gasteiger partial charge < -0.3 is 10.6 Å². The van der Waals surface area contributed by atoms with Gasteiger partial charge in [-0.15, -0.1) is 0 Å². The van der Waals surface area contributed by atoms with E-state index in [-0.39, 0.29) is 11.9 Å². The molecule has 2 aromatic rings. The second-order valence-electron chi connectivity index (χ2n) is 8.54. The lowest BCUT2D eigenvalue weighted by atomic mass is 9.95. The molecule has 0 aromatic heterocycles. The number of carbonyl (C=O) groups is 3. The van der Waals surface area contributed by atoms with Gasteiger partial charge in [0.15, 0.2) is 0 Å². The fraction of sp³-hybridized carbons (Fsp3) is 0.400. The first-order valence-corrected chi connectivity index (χ1v) is 13.4. The summed E-state index contributed by atoms with van der Waals surface area (Å²) in [6.45, 7) is 1.62. The van der Waals surface area contributed by atoms with Crippen LogP contribution in [-0.4, -0.2) is 45.5 Å². The third kappa shape index (κ3) is 8.14. The smallest absolute Gasteiger partial charge is 0.243 e. The Morgan fingerprint density at radius 2 is 1.66 bits per heavy atom. The van der Waals surface area contributed by atoms with Gasteiger partial charge in [0.1, 0.15) is 23.4 Å². The number of benzene rings is 2. The topological polar surface area (TPSA) is 95.6 Å². The Balaban J connectivity index is 1.66. The number of anilines is 2. The van der Waals surface area contributed by atoms with Gasteiger partial charge in [-0.3, -0.25) is 23.5 Å². The average Bonchev–Trinajstić information content (AvgIpc) is 2.82. The molecule has 1 aliphatic carbocycles. The van der Waals surface area contributed by atoms with E-state index in [1.807, 2.05) is 0 Å². The number of halogens is 2. The molecule has 1 fully saturated rings. The van der Waals surface area contributed by atoms with Crippen LogP contribution in [0.15, 0.2) is 48.5 Å². The van der Waals surface area contributed by atoms with Crippen LogP contribution in [0.4, 0.5) is 15.8 Å². The summed E-state index contributed by atoms with van der Waals surface area (Å²) in [6, 6.07) is 10.8. The van der Waals surface area contributed by atoms with Gasteiger partial charge in [-0.1, -0.05) is 30.9 Å². The van der Waals surface area contributed by atoms with Crippen molar-refractivity contribution in [2.75, 3.05) is 21.7 Å². The second-order valence-corrected chi connectivity index (χ2v) is 10.4. The first kappa shape index (κ1) is 26.8. The van der Waals surface area contributed by atoms with Crippen LogP contribution in [0.5, 0.6) is 0 Å². The van der Waals surface area contributed by atoms with Crippen LogP contribution >= 0.6 is 11.6 Å². The normalized spacial score (nSPS) is 15.6. The van der Waals surface area contributed by atoms with Gasteiger partial charge in [-0.05, 0) is 68.3 Å². The van der Waals surface area contributed by atoms with E-state index >= 15 is 0 Å². The molecule has 2 N–H and O–H groups in total. The molecule has 35 heavy (non-hydrogen) atoms. The van der Waals surface area contributed by atoms with Crippen LogP contribution in [-0.2, 0) is 25.2 Å². The average molecular weight is 522 g/mol. The summed E-state index contributed by atoms with van der Waals surface area (Å²) in [4.78, 5) is 39.7. The molecule has 2 atom stereocenters. The quantitative estimate of drug-likeness (QED) is 0.520. The van der Waals surface area contributed by atoms with E-state index in [4.69, 9.17) is 11.6 Å². The molecule has 1 saturated carbocycles. The molecule has 0 radical (unpaired) electrons. The highest BCUT2D eigenvalue weighted by atomic mass is 35.5. The van der Waals surface area contributed by atoms with Crippen molar-refractivity contribution >= 4 is 51.5 Å². The zero-order chi connectivity index (χ0) is 25.4. The summed E-state index contributed by atoms with van der Waals surface area (Å²) in [5.74, 6) is -2.71. The van der Waals surface area contributed by atoms with Gasteiger partial charge in [0.2, 0.25) is 17.7 Å². The van der Waals surface area contributed by atoms with Crippen molar-refractivity contribution in [3.63, 3.8) is 0 Å². The molecule has 2 aromatic carbocycles. The summed E-state index contributed by atoms with van der Waals surface area (Å²) in [5, 5.41) is 6.02. The van der Waals surface area contributed by atoms with Crippen molar-refractivity contribution in [1.29, 1.82) is 0 Å². The lowest BCUT2D eigenvalue weighted by Gasteiger charge is -2.31. The molecule has 0 saturated heterocycles. The minimum atomic E-state index is -1.83. The minimum absolute atomic E-state index is 0.0742. The summed E-state index contributed by atoms with van der Waals surface area (Å²) in [6.07, 6.45) is 5.06. The van der Waals surface area contributed by atoms with E-state index in [0.29, 0.717) is 16.4 Å². The van der Waals surface area contributed by atoms with E-state index in [0.717, 1.165) is 32.1 Å². The molecular weight excluding hydrogens is 493 g/mol. The highest BCUT2D eigenvalue weighted by Crippen LogP contribution is 2.22. The van der Waals surface area contributed by atoms with Gasteiger partial charge in [0, 0.05) is 33.2 Å². The molecule has 188 valence electrons. The first-order valence-electron chi connectivity index (χ1n) is 11.5. The van der Waals surface area contributed by atoms with Gasteiger partial charge in [0.25, 0.3) is 0 Å². The maximum absolute atomic E-state index is 13.2. The predicted octanol–water partition coefficient (Wildman–Crippen LogP) is 4.04. The van der Waals surface area contributed by atoms with E-state index in [1.165, 1.54) is 29.2 Å². The van der Waals surface area contributed by atoms with E-state index in [9.17, 15) is 23.0 Å². The Hall–Kier alpha value is -2.78. The van der Waals surface area contributed by atoms with Crippen molar-refractivity contribution in [3.05, 3.63) is 59.4 Å². The summed E-state index contributed by atoms with van der Waals surface area (Å²) in [5.41, 5.74) is 0.800. The zero-order valence-electron chi connectivity index (χ0n) is 19.5. The molecule has 3 amide bonds. The van der Waals surface area contributed by atoms with Crippen molar-refractivity contribution in [2.24, 2.45) is 0 Å². The Labute approximate surface area is 211 Å². The first-order chi connectivity index (χ1) is 16.7. The molecular formula is C25H29ClFN3O4S. The highest BCUT2D eigenvalue weighted by Gasteiger charge is 2.30. The van der Waals surface area contributed by atoms with Gasteiger partial charge in [-0.25, -0.2) is 4.39 Å².